The van der Waals surface area contributed by atoms with Crippen LogP contribution in [0.15, 0.2) is 168 Å². The largest absolute Gasteiger partial charge is 0.744 e. The van der Waals surface area contributed by atoms with E-state index in [1.807, 2.05) is 67.2 Å². The molecule has 2 heterocycles. The van der Waals surface area contributed by atoms with E-state index in [4.69, 9.17) is 0 Å². The third-order valence-corrected chi connectivity index (χ3v) is 11.9. The Morgan fingerprint density at radius 2 is 0.940 bits per heavy atom. The van der Waals surface area contributed by atoms with Crippen LogP contribution in [-0.2, 0) is 33.3 Å². The standard InChI is InChI=1S/C37H37N5O3.2C7H8O3S/c1-3-5-21-41-22-7-10-30(26-41)37(45)39-32-17-15-31(16-18-32)38-35(43)27-11-13-28(14-12-27)36(44)40-33-19-20-34-29(25-33)9-8-24-42(34)23-6-4-2;2*1-6-2-4-7(5-3-6)11(8,9)10/h7-20,22,24-26H,3-6,21,23H2,1-2H3,(H-2,38,39,40,43,44,45);2*2-5H,1H3,(H,8,9,10). The summed E-state index contributed by atoms with van der Waals surface area (Å²) in [7, 11) is -8.54. The van der Waals surface area contributed by atoms with Gasteiger partial charge in [0.1, 0.15) is 38.9 Å². The van der Waals surface area contributed by atoms with Gasteiger partial charge in [0.15, 0.2) is 18.6 Å². The fourth-order valence-electron chi connectivity index (χ4n) is 6.45. The topological polar surface area (TPSA) is 209 Å². The van der Waals surface area contributed by atoms with Gasteiger partial charge in [-0.15, -0.1) is 0 Å². The maximum atomic E-state index is 12.9. The molecule has 3 N–H and O–H groups in total. The molecule has 0 atom stereocenters. The van der Waals surface area contributed by atoms with E-state index in [1.165, 1.54) is 24.3 Å². The third-order valence-electron chi connectivity index (χ3n) is 10.2. The Balaban J connectivity index is 0.000000310. The van der Waals surface area contributed by atoms with Crippen molar-refractivity contribution >= 4 is 65.9 Å². The van der Waals surface area contributed by atoms with E-state index in [1.54, 1.807) is 78.9 Å². The number of carbonyl (C=O) groups is 3. The third kappa shape index (κ3) is 15.8. The number of hydrogen-bond donors (Lipinski definition) is 3. The molecule has 0 fully saturated rings. The van der Waals surface area contributed by atoms with Gasteiger partial charge in [0, 0.05) is 64.6 Å². The van der Waals surface area contributed by atoms with Crippen LogP contribution in [0.1, 0.15) is 81.7 Å². The molecule has 0 aliphatic carbocycles. The summed E-state index contributed by atoms with van der Waals surface area (Å²) >= 11 is 0. The molecule has 0 saturated carbocycles. The van der Waals surface area contributed by atoms with Crippen molar-refractivity contribution in [2.45, 2.75) is 76.3 Å². The van der Waals surface area contributed by atoms with Crippen molar-refractivity contribution in [1.29, 1.82) is 0 Å². The summed E-state index contributed by atoms with van der Waals surface area (Å²) in [4.78, 5) is 38.2. The molecular formula is C51H53N5O9S2. The molecule has 7 rings (SSSR count). The van der Waals surface area contributed by atoms with E-state index in [-0.39, 0.29) is 27.5 Å². The molecule has 0 saturated heterocycles. The predicted octanol–water partition coefficient (Wildman–Crippen LogP) is 8.57. The number of unbranched alkanes of at least 4 members (excludes halogenated alkanes) is 2. The average Bonchev–Trinajstić information content (AvgIpc) is 3.31. The maximum absolute atomic E-state index is 12.9. The second-order valence-corrected chi connectivity index (χ2v) is 18.3. The number of rotatable bonds is 14. The first-order valence-corrected chi connectivity index (χ1v) is 24.4. The van der Waals surface area contributed by atoms with Crippen molar-refractivity contribution < 1.29 is 49.5 Å². The Kier molecular flexibility index (Phi) is 18.1. The first-order valence-electron chi connectivity index (χ1n) is 21.5. The quantitative estimate of drug-likeness (QED) is 0.0704. The lowest BCUT2D eigenvalue weighted by molar-refractivity contribution is -0.697. The van der Waals surface area contributed by atoms with Gasteiger partial charge in [-0.3, -0.25) is 14.4 Å². The predicted molar refractivity (Wildman–Crippen MR) is 256 cm³/mol. The number of aryl methyl sites for hydroxylation is 4. The summed E-state index contributed by atoms with van der Waals surface area (Å²) in [6, 6.07) is 38.7. The minimum atomic E-state index is -4.27. The second-order valence-electron chi connectivity index (χ2n) is 15.6. The molecule has 2 aromatic heterocycles. The van der Waals surface area contributed by atoms with Crippen LogP contribution in [0.3, 0.4) is 0 Å². The van der Waals surface area contributed by atoms with Crippen molar-refractivity contribution in [2.24, 2.45) is 0 Å². The molecule has 348 valence electrons. The zero-order valence-corrected chi connectivity index (χ0v) is 39.3. The molecule has 0 aliphatic rings. The summed E-state index contributed by atoms with van der Waals surface area (Å²) in [5.41, 5.74) is 6.36. The maximum Gasteiger partial charge on any atom is 0.261 e. The Labute approximate surface area is 391 Å². The van der Waals surface area contributed by atoms with Crippen molar-refractivity contribution in [1.82, 2.24) is 0 Å². The Bertz CT molecular complexity index is 2950. The number of nitrogens with one attached hydrogen (secondary N) is 3. The number of hydrogen-bond acceptors (Lipinski definition) is 9. The molecule has 0 spiro atoms. The van der Waals surface area contributed by atoms with Crippen molar-refractivity contribution in [3.05, 3.63) is 186 Å². The first-order chi connectivity index (χ1) is 31.9. The normalized spacial score (nSPS) is 11.0. The number of carbonyl (C=O) groups excluding carboxylic acids is 3. The number of pyridine rings is 2. The van der Waals surface area contributed by atoms with Gasteiger partial charge in [-0.2, -0.15) is 4.57 Å². The van der Waals surface area contributed by atoms with Crippen LogP contribution in [0.4, 0.5) is 17.1 Å². The molecule has 7 aromatic rings. The highest BCUT2D eigenvalue weighted by atomic mass is 32.2. The van der Waals surface area contributed by atoms with Gasteiger partial charge in [-0.1, -0.05) is 62.1 Å². The summed E-state index contributed by atoms with van der Waals surface area (Å²) in [6.45, 7) is 9.78. The molecule has 0 bridgehead atoms. The van der Waals surface area contributed by atoms with E-state index in [9.17, 15) is 40.3 Å². The minimum Gasteiger partial charge on any atom is -0.744 e. The number of aromatic nitrogens is 2. The molecular weight excluding hydrogens is 891 g/mol. The number of benzene rings is 5. The van der Waals surface area contributed by atoms with Gasteiger partial charge >= 0.3 is 0 Å². The first kappa shape index (κ1) is 50.9. The van der Waals surface area contributed by atoms with Crippen LogP contribution in [0, 0.1) is 13.8 Å². The minimum absolute atomic E-state index is 0.178. The highest BCUT2D eigenvalue weighted by molar-refractivity contribution is 7.86. The SMILES string of the molecule is CCCC[n+]1cccc(C(=O)Nc2ccc(NC(=O)c3ccc(C(=O)Nc4ccc5c(ccc[n+]5CCCC)c4)cc3)cc2)c1.Cc1ccc(S(=O)(=O)[O-])cc1.Cc1ccc(S(=O)(=O)[O-])cc1. The Morgan fingerprint density at radius 1 is 0.507 bits per heavy atom. The summed E-state index contributed by atoms with van der Waals surface area (Å²) in [6.07, 6.45) is 10.3. The highest BCUT2D eigenvalue weighted by Gasteiger charge is 2.14. The molecule has 0 unspecified atom stereocenters. The lowest BCUT2D eigenvalue weighted by atomic mass is 10.1. The van der Waals surface area contributed by atoms with E-state index < -0.39 is 20.2 Å². The van der Waals surface area contributed by atoms with Crippen molar-refractivity contribution in [2.75, 3.05) is 16.0 Å². The molecule has 0 aliphatic heterocycles. The fourth-order valence-corrected chi connectivity index (χ4v) is 7.39. The van der Waals surface area contributed by atoms with E-state index in [2.05, 4.69) is 40.6 Å². The molecule has 5 aromatic carbocycles. The summed E-state index contributed by atoms with van der Waals surface area (Å²) in [5, 5.41) is 9.78. The smallest absolute Gasteiger partial charge is 0.261 e. The van der Waals surface area contributed by atoms with Gasteiger partial charge in [0.25, 0.3) is 17.7 Å². The number of fused-ring (bicyclic) bond motifs is 1. The highest BCUT2D eigenvalue weighted by Crippen LogP contribution is 2.19. The second kappa shape index (κ2) is 23.9. The van der Waals surface area contributed by atoms with E-state index >= 15 is 0 Å². The van der Waals surface area contributed by atoms with Crippen molar-refractivity contribution in [3.8, 4) is 0 Å². The zero-order chi connectivity index (χ0) is 48.6. The summed E-state index contributed by atoms with van der Waals surface area (Å²) < 4.78 is 66.6. The van der Waals surface area contributed by atoms with Gasteiger partial charge in [-0.25, -0.2) is 21.4 Å². The average molecular weight is 944 g/mol. The number of anilines is 3. The van der Waals surface area contributed by atoms with Gasteiger partial charge in [0.2, 0.25) is 5.52 Å². The van der Waals surface area contributed by atoms with Gasteiger partial charge in [0.05, 0.1) is 9.79 Å². The molecule has 14 nitrogen and oxygen atoms in total. The van der Waals surface area contributed by atoms with Crippen LogP contribution in [0.25, 0.3) is 10.9 Å². The van der Waals surface area contributed by atoms with Crippen LogP contribution in [-0.4, -0.2) is 43.7 Å². The number of amides is 3. The Hall–Kier alpha value is -7.11. The van der Waals surface area contributed by atoms with E-state index in [0.29, 0.717) is 33.8 Å². The molecule has 3 amide bonds. The zero-order valence-electron chi connectivity index (χ0n) is 37.6. The fraction of sp³-hybridized carbons (Fsp3) is 0.196. The molecule has 67 heavy (non-hydrogen) atoms. The van der Waals surface area contributed by atoms with Gasteiger partial charge < -0.3 is 25.1 Å². The van der Waals surface area contributed by atoms with Gasteiger partial charge in [-0.05, 0) is 111 Å². The number of nitrogens with zero attached hydrogens (tertiary/aromatic N) is 2. The van der Waals surface area contributed by atoms with E-state index in [0.717, 1.165) is 60.8 Å². The molecule has 0 radical (unpaired) electrons. The molecule has 16 heteroatoms. The summed E-state index contributed by atoms with van der Waals surface area (Å²) in [5.74, 6) is -0.747. The Morgan fingerprint density at radius 3 is 1.42 bits per heavy atom. The lowest BCUT2D eigenvalue weighted by Crippen LogP contribution is -2.34. The van der Waals surface area contributed by atoms with Crippen LogP contribution in [0.5, 0.6) is 0 Å². The van der Waals surface area contributed by atoms with Crippen LogP contribution in [0.2, 0.25) is 0 Å². The lowest BCUT2D eigenvalue weighted by Gasteiger charge is -2.09. The van der Waals surface area contributed by atoms with Crippen LogP contribution < -0.4 is 25.1 Å². The van der Waals surface area contributed by atoms with Crippen LogP contribution >= 0.6 is 0 Å². The monoisotopic (exact) mass is 943 g/mol. The van der Waals surface area contributed by atoms with Crippen molar-refractivity contribution in [3.63, 3.8) is 0 Å².